The summed E-state index contributed by atoms with van der Waals surface area (Å²) in [6, 6.07) is 24.1. The van der Waals surface area contributed by atoms with Crippen molar-refractivity contribution in [2.75, 3.05) is 0 Å². The average molecular weight is 432 g/mol. The molecule has 0 radical (unpaired) electrons. The van der Waals surface area contributed by atoms with E-state index in [9.17, 15) is 0 Å². The minimum atomic E-state index is 0.661. The number of aromatic nitrogens is 5. The molecule has 5 nitrogen and oxygen atoms in total. The van der Waals surface area contributed by atoms with Gasteiger partial charge in [0, 0.05) is 16.3 Å². The number of fused-ring (bicyclic) bond motifs is 1. The van der Waals surface area contributed by atoms with Crippen LogP contribution in [0.1, 0.15) is 11.4 Å². The normalized spacial score (nSPS) is 11.3. The number of imidazole rings is 1. The van der Waals surface area contributed by atoms with E-state index in [0.29, 0.717) is 10.8 Å². The summed E-state index contributed by atoms with van der Waals surface area (Å²) < 4.78 is 2.07. The fraction of sp³-hybridized carbons (Fsp3) is 0.0870. The van der Waals surface area contributed by atoms with Gasteiger partial charge in [-0.05, 0) is 43.3 Å². The van der Waals surface area contributed by atoms with E-state index in [1.165, 1.54) is 5.56 Å². The predicted octanol–water partition coefficient (Wildman–Crippen LogP) is 6.06. The lowest BCUT2D eigenvalue weighted by molar-refractivity contribution is 0.884. The van der Waals surface area contributed by atoms with Crippen LogP contribution in [0.5, 0.6) is 0 Å². The van der Waals surface area contributed by atoms with Crippen molar-refractivity contribution in [2.45, 2.75) is 17.8 Å². The Morgan fingerprint density at radius 2 is 1.80 bits per heavy atom. The number of para-hydroxylation sites is 2. The summed E-state index contributed by atoms with van der Waals surface area (Å²) in [7, 11) is 0. The van der Waals surface area contributed by atoms with Crippen LogP contribution in [-0.4, -0.2) is 24.7 Å². The number of aromatic amines is 1. The minimum Gasteiger partial charge on any atom is -0.341 e. The third-order valence-electron chi connectivity index (χ3n) is 4.78. The van der Waals surface area contributed by atoms with Crippen LogP contribution in [-0.2, 0) is 5.75 Å². The highest BCUT2D eigenvalue weighted by Gasteiger charge is 2.17. The molecular formula is C23H18ClN5S. The van der Waals surface area contributed by atoms with Crippen LogP contribution in [0.15, 0.2) is 78.0 Å². The Bertz CT molecular complexity index is 1290. The lowest BCUT2D eigenvalue weighted by Gasteiger charge is -2.10. The van der Waals surface area contributed by atoms with E-state index in [0.717, 1.165) is 39.1 Å². The second-order valence-electron chi connectivity index (χ2n) is 6.98. The fourth-order valence-electron chi connectivity index (χ4n) is 3.31. The largest absolute Gasteiger partial charge is 0.341 e. The summed E-state index contributed by atoms with van der Waals surface area (Å²) in [5.74, 6) is 2.33. The average Bonchev–Trinajstić information content (AvgIpc) is 3.36. The smallest absolute Gasteiger partial charge is 0.196 e. The standard InChI is InChI=1S/C23H18ClN5S/c1-15-9-11-18(12-10-15)29-22(16-5-4-6-17(24)13-16)27-28-23(29)30-14-21-25-19-7-2-3-8-20(19)26-21/h2-13H,14H2,1H3,(H,25,26). The quantitative estimate of drug-likeness (QED) is 0.343. The number of thioether (sulfide) groups is 1. The van der Waals surface area contributed by atoms with Gasteiger partial charge in [0.25, 0.3) is 0 Å². The summed E-state index contributed by atoms with van der Waals surface area (Å²) in [5, 5.41) is 10.4. The van der Waals surface area contributed by atoms with E-state index in [1.54, 1.807) is 11.8 Å². The van der Waals surface area contributed by atoms with Crippen molar-refractivity contribution in [3.63, 3.8) is 0 Å². The van der Waals surface area contributed by atoms with Gasteiger partial charge >= 0.3 is 0 Å². The molecular weight excluding hydrogens is 414 g/mol. The van der Waals surface area contributed by atoms with Gasteiger partial charge in [0.1, 0.15) is 5.82 Å². The third-order valence-corrected chi connectivity index (χ3v) is 5.96. The van der Waals surface area contributed by atoms with E-state index in [2.05, 4.69) is 55.9 Å². The van der Waals surface area contributed by atoms with Crippen molar-refractivity contribution < 1.29 is 0 Å². The summed E-state index contributed by atoms with van der Waals surface area (Å²) in [6.07, 6.45) is 0. The molecule has 0 amide bonds. The third kappa shape index (κ3) is 3.72. The predicted molar refractivity (Wildman–Crippen MR) is 122 cm³/mol. The number of rotatable bonds is 5. The molecule has 0 aliphatic rings. The zero-order chi connectivity index (χ0) is 20.5. The molecule has 7 heteroatoms. The molecule has 0 spiro atoms. The first-order valence-electron chi connectivity index (χ1n) is 9.52. The highest BCUT2D eigenvalue weighted by molar-refractivity contribution is 7.98. The Morgan fingerprint density at radius 3 is 2.60 bits per heavy atom. The number of halogens is 1. The zero-order valence-electron chi connectivity index (χ0n) is 16.2. The van der Waals surface area contributed by atoms with Gasteiger partial charge in [-0.25, -0.2) is 4.98 Å². The Morgan fingerprint density at radius 1 is 0.967 bits per heavy atom. The molecule has 0 saturated carbocycles. The fourth-order valence-corrected chi connectivity index (χ4v) is 4.32. The number of benzene rings is 3. The molecule has 1 N–H and O–H groups in total. The monoisotopic (exact) mass is 431 g/mol. The first-order chi connectivity index (χ1) is 14.7. The molecule has 30 heavy (non-hydrogen) atoms. The van der Waals surface area contributed by atoms with Crippen LogP contribution >= 0.6 is 23.4 Å². The molecule has 5 aromatic rings. The van der Waals surface area contributed by atoms with E-state index in [4.69, 9.17) is 11.6 Å². The Balaban J connectivity index is 1.53. The van der Waals surface area contributed by atoms with Gasteiger partial charge in [0.05, 0.1) is 16.8 Å². The molecule has 148 valence electrons. The van der Waals surface area contributed by atoms with Gasteiger partial charge in [0.2, 0.25) is 0 Å². The number of H-pyrrole nitrogens is 1. The van der Waals surface area contributed by atoms with Gasteiger partial charge in [0.15, 0.2) is 11.0 Å². The highest BCUT2D eigenvalue weighted by atomic mass is 35.5. The molecule has 0 saturated heterocycles. The van der Waals surface area contributed by atoms with Crippen LogP contribution in [0.3, 0.4) is 0 Å². The maximum Gasteiger partial charge on any atom is 0.196 e. The number of aryl methyl sites for hydroxylation is 1. The number of nitrogens with one attached hydrogen (secondary N) is 1. The highest BCUT2D eigenvalue weighted by Crippen LogP contribution is 2.30. The summed E-state index contributed by atoms with van der Waals surface area (Å²) in [5.41, 5.74) is 5.13. The first kappa shape index (κ1) is 18.9. The molecule has 2 heterocycles. The van der Waals surface area contributed by atoms with E-state index < -0.39 is 0 Å². The first-order valence-corrected chi connectivity index (χ1v) is 10.9. The van der Waals surface area contributed by atoms with Gasteiger partial charge in [-0.1, -0.05) is 65.3 Å². The van der Waals surface area contributed by atoms with Gasteiger partial charge in [-0.3, -0.25) is 4.57 Å². The molecule has 5 rings (SSSR count). The molecule has 0 bridgehead atoms. The number of hydrogen-bond acceptors (Lipinski definition) is 4. The maximum absolute atomic E-state index is 6.23. The van der Waals surface area contributed by atoms with Crippen molar-refractivity contribution in [3.05, 3.63) is 89.2 Å². The van der Waals surface area contributed by atoms with Crippen LogP contribution in [0.25, 0.3) is 28.1 Å². The molecule has 0 unspecified atom stereocenters. The van der Waals surface area contributed by atoms with Crippen molar-refractivity contribution in [1.82, 2.24) is 24.7 Å². The lowest BCUT2D eigenvalue weighted by atomic mass is 10.2. The van der Waals surface area contributed by atoms with Gasteiger partial charge in [-0.15, -0.1) is 10.2 Å². The van der Waals surface area contributed by atoms with Crippen molar-refractivity contribution in [3.8, 4) is 17.1 Å². The minimum absolute atomic E-state index is 0.661. The van der Waals surface area contributed by atoms with Crippen molar-refractivity contribution in [1.29, 1.82) is 0 Å². The second-order valence-corrected chi connectivity index (χ2v) is 8.36. The summed E-state index contributed by atoms with van der Waals surface area (Å²) >= 11 is 7.82. The number of nitrogens with zero attached hydrogens (tertiary/aromatic N) is 4. The van der Waals surface area contributed by atoms with Crippen LogP contribution in [0, 0.1) is 6.92 Å². The van der Waals surface area contributed by atoms with Crippen molar-refractivity contribution in [2.24, 2.45) is 0 Å². The summed E-state index contributed by atoms with van der Waals surface area (Å²) in [4.78, 5) is 8.04. The summed E-state index contributed by atoms with van der Waals surface area (Å²) in [6.45, 7) is 2.07. The van der Waals surface area contributed by atoms with Crippen LogP contribution in [0.2, 0.25) is 5.02 Å². The van der Waals surface area contributed by atoms with Crippen LogP contribution < -0.4 is 0 Å². The Hall–Kier alpha value is -3.09. The maximum atomic E-state index is 6.23. The van der Waals surface area contributed by atoms with Crippen LogP contribution in [0.4, 0.5) is 0 Å². The van der Waals surface area contributed by atoms with E-state index in [1.807, 2.05) is 48.5 Å². The van der Waals surface area contributed by atoms with E-state index >= 15 is 0 Å². The molecule has 2 aromatic heterocycles. The zero-order valence-corrected chi connectivity index (χ0v) is 17.8. The van der Waals surface area contributed by atoms with Gasteiger partial charge in [-0.2, -0.15) is 0 Å². The SMILES string of the molecule is Cc1ccc(-n2c(SCc3nc4ccccc4[nH]3)nnc2-c2cccc(Cl)c2)cc1. The molecule has 0 atom stereocenters. The van der Waals surface area contributed by atoms with Gasteiger partial charge < -0.3 is 4.98 Å². The molecule has 0 aliphatic carbocycles. The Kier molecular flexibility index (Phi) is 5.02. The molecule has 0 fully saturated rings. The molecule has 0 aliphatic heterocycles. The van der Waals surface area contributed by atoms with E-state index in [-0.39, 0.29) is 0 Å². The second kappa shape index (κ2) is 7.97. The molecule has 3 aromatic carbocycles. The number of hydrogen-bond donors (Lipinski definition) is 1. The van der Waals surface area contributed by atoms with Crippen molar-refractivity contribution >= 4 is 34.4 Å². The Labute approximate surface area is 183 Å². The lowest BCUT2D eigenvalue weighted by Crippen LogP contribution is -2.00. The topological polar surface area (TPSA) is 59.4 Å².